The van der Waals surface area contributed by atoms with Crippen molar-refractivity contribution in [3.8, 4) is 0 Å². The van der Waals surface area contributed by atoms with Gasteiger partial charge in [-0.15, -0.1) is 11.3 Å². The zero-order chi connectivity index (χ0) is 17.5. The first kappa shape index (κ1) is 18.9. The zero-order valence-corrected chi connectivity index (χ0v) is 15.5. The van der Waals surface area contributed by atoms with Crippen LogP contribution in [0.15, 0.2) is 6.07 Å². The molecule has 2 rings (SSSR count). The second kappa shape index (κ2) is 9.18. The van der Waals surface area contributed by atoms with E-state index < -0.39 is 5.97 Å². The maximum Gasteiger partial charge on any atom is 0.348 e. The Morgan fingerprint density at radius 3 is 2.96 bits per heavy atom. The molecular weight excluding hydrogens is 326 g/mol. The van der Waals surface area contributed by atoms with Gasteiger partial charge in [0, 0.05) is 18.0 Å². The largest absolute Gasteiger partial charge is 0.451 e. The topological polar surface area (TPSA) is 64.6 Å². The zero-order valence-electron chi connectivity index (χ0n) is 14.7. The third-order valence-electron chi connectivity index (χ3n) is 3.96. The molecule has 1 N–H and O–H groups in total. The van der Waals surface area contributed by atoms with Crippen molar-refractivity contribution in [2.75, 3.05) is 19.8 Å². The number of hydrogen-bond donors (Lipinski definition) is 1. The molecule has 0 bridgehead atoms. The number of esters is 1. The fourth-order valence-electron chi connectivity index (χ4n) is 2.68. The first-order chi connectivity index (χ1) is 11.5. The van der Waals surface area contributed by atoms with Crippen LogP contribution < -0.4 is 5.32 Å². The van der Waals surface area contributed by atoms with E-state index >= 15 is 0 Å². The number of carbonyl (C=O) groups excluding carboxylic acids is 2. The molecule has 5 nitrogen and oxygen atoms in total. The van der Waals surface area contributed by atoms with E-state index in [9.17, 15) is 9.59 Å². The van der Waals surface area contributed by atoms with Crippen LogP contribution in [0.2, 0.25) is 0 Å². The predicted molar refractivity (Wildman–Crippen MR) is 94.5 cm³/mol. The van der Waals surface area contributed by atoms with Crippen LogP contribution >= 0.6 is 11.3 Å². The molecule has 0 unspecified atom stereocenters. The number of thiophene rings is 1. The SMILES string of the molecule is CC(C)OCCCNC(=O)COC(=O)c1cc2c(s1)CC[C@@H](C)C2. The highest BCUT2D eigenvalue weighted by Gasteiger charge is 2.21. The lowest BCUT2D eigenvalue weighted by Gasteiger charge is -2.16. The Balaban J connectivity index is 1.68. The maximum atomic E-state index is 12.1. The molecule has 0 fully saturated rings. The molecule has 1 aromatic heterocycles. The van der Waals surface area contributed by atoms with Gasteiger partial charge in [-0.25, -0.2) is 4.79 Å². The van der Waals surface area contributed by atoms with Crippen LogP contribution in [-0.4, -0.2) is 37.7 Å². The molecule has 0 spiro atoms. The highest BCUT2D eigenvalue weighted by Crippen LogP contribution is 2.32. The molecule has 6 heteroatoms. The molecule has 1 atom stereocenters. The standard InChI is InChI=1S/C18H27NO4S/c1-12(2)22-8-4-7-19-17(20)11-23-18(21)16-10-14-9-13(3)5-6-15(14)24-16/h10,12-13H,4-9,11H2,1-3H3,(H,19,20)/t13-/m1/s1. The van der Waals surface area contributed by atoms with Gasteiger partial charge in [-0.1, -0.05) is 6.92 Å². The van der Waals surface area contributed by atoms with Gasteiger partial charge in [0.2, 0.25) is 0 Å². The quantitative estimate of drug-likeness (QED) is 0.576. The van der Waals surface area contributed by atoms with Crippen molar-refractivity contribution in [2.24, 2.45) is 5.92 Å². The minimum absolute atomic E-state index is 0.196. The van der Waals surface area contributed by atoms with E-state index in [1.807, 2.05) is 19.9 Å². The second-order valence-corrected chi connectivity index (χ2v) is 7.74. The minimum atomic E-state index is -0.402. The highest BCUT2D eigenvalue weighted by molar-refractivity contribution is 7.14. The highest BCUT2D eigenvalue weighted by atomic mass is 32.1. The third-order valence-corrected chi connectivity index (χ3v) is 5.18. The van der Waals surface area contributed by atoms with E-state index in [-0.39, 0.29) is 18.6 Å². The van der Waals surface area contributed by atoms with Crippen LogP contribution in [-0.2, 0) is 27.1 Å². The van der Waals surface area contributed by atoms with Crippen LogP contribution in [0.5, 0.6) is 0 Å². The summed E-state index contributed by atoms with van der Waals surface area (Å²) < 4.78 is 10.5. The van der Waals surface area contributed by atoms with Gasteiger partial charge in [-0.05, 0) is 57.1 Å². The summed E-state index contributed by atoms with van der Waals surface area (Å²) in [6, 6.07) is 1.93. The van der Waals surface area contributed by atoms with Crippen molar-refractivity contribution >= 4 is 23.2 Å². The summed E-state index contributed by atoms with van der Waals surface area (Å²) in [5.41, 5.74) is 1.26. The average Bonchev–Trinajstić information content (AvgIpc) is 2.95. The van der Waals surface area contributed by atoms with Crippen LogP contribution in [0.1, 0.15) is 53.7 Å². The molecule has 0 aliphatic heterocycles. The van der Waals surface area contributed by atoms with E-state index in [1.165, 1.54) is 28.2 Å². The molecule has 1 aromatic rings. The minimum Gasteiger partial charge on any atom is -0.451 e. The molecule has 0 aromatic carbocycles. The lowest BCUT2D eigenvalue weighted by atomic mass is 9.90. The Morgan fingerprint density at radius 1 is 1.42 bits per heavy atom. The predicted octanol–water partition coefficient (Wildman–Crippen LogP) is 2.96. The van der Waals surface area contributed by atoms with Crippen LogP contribution in [0.3, 0.4) is 0 Å². The van der Waals surface area contributed by atoms with Crippen LogP contribution in [0, 0.1) is 5.92 Å². The normalized spacial score (nSPS) is 16.8. The number of nitrogens with one attached hydrogen (secondary N) is 1. The molecule has 1 amide bonds. The Hall–Kier alpha value is -1.40. The molecular formula is C18H27NO4S. The summed E-state index contributed by atoms with van der Waals surface area (Å²) in [4.78, 5) is 25.7. The number of ether oxygens (including phenoxy) is 2. The maximum absolute atomic E-state index is 12.1. The fourth-order valence-corrected chi connectivity index (χ4v) is 3.78. The first-order valence-electron chi connectivity index (χ1n) is 8.62. The monoisotopic (exact) mass is 353 g/mol. The van der Waals surface area contributed by atoms with Crippen molar-refractivity contribution in [1.29, 1.82) is 0 Å². The van der Waals surface area contributed by atoms with Crippen molar-refractivity contribution in [3.05, 3.63) is 21.4 Å². The van der Waals surface area contributed by atoms with E-state index in [2.05, 4.69) is 12.2 Å². The summed E-state index contributed by atoms with van der Waals surface area (Å²) in [5, 5.41) is 2.73. The van der Waals surface area contributed by atoms with E-state index in [0.717, 1.165) is 19.3 Å². The van der Waals surface area contributed by atoms with Gasteiger partial charge in [0.05, 0.1) is 6.10 Å². The number of fused-ring (bicyclic) bond motifs is 1. The van der Waals surface area contributed by atoms with E-state index in [4.69, 9.17) is 9.47 Å². The third kappa shape index (κ3) is 5.91. The Bertz CT molecular complexity index is 567. The van der Waals surface area contributed by atoms with Gasteiger partial charge < -0.3 is 14.8 Å². The van der Waals surface area contributed by atoms with Crippen LogP contribution in [0.25, 0.3) is 0 Å². The van der Waals surface area contributed by atoms with Crippen molar-refractivity contribution in [3.63, 3.8) is 0 Å². The Morgan fingerprint density at radius 2 is 2.21 bits per heavy atom. The Labute approximate surface area is 147 Å². The first-order valence-corrected chi connectivity index (χ1v) is 9.44. The lowest BCUT2D eigenvalue weighted by molar-refractivity contribution is -0.124. The average molecular weight is 353 g/mol. The number of rotatable bonds is 8. The van der Waals surface area contributed by atoms with Gasteiger partial charge in [0.1, 0.15) is 4.88 Å². The number of carbonyl (C=O) groups is 2. The molecule has 1 heterocycles. The number of aryl methyl sites for hydroxylation is 1. The van der Waals surface area contributed by atoms with Gasteiger partial charge in [0.25, 0.3) is 5.91 Å². The molecule has 134 valence electrons. The Kier molecular flexibility index (Phi) is 7.24. The van der Waals surface area contributed by atoms with Gasteiger partial charge in [-0.3, -0.25) is 4.79 Å². The van der Waals surface area contributed by atoms with E-state index in [1.54, 1.807) is 0 Å². The summed E-state index contributed by atoms with van der Waals surface area (Å²) >= 11 is 1.50. The summed E-state index contributed by atoms with van der Waals surface area (Å²) in [6.45, 7) is 7.07. The van der Waals surface area contributed by atoms with E-state index in [0.29, 0.717) is 23.9 Å². The van der Waals surface area contributed by atoms with Crippen molar-refractivity contribution < 1.29 is 19.1 Å². The van der Waals surface area contributed by atoms with Gasteiger partial charge >= 0.3 is 5.97 Å². The summed E-state index contributed by atoms with van der Waals surface area (Å²) in [6.07, 6.45) is 4.17. The smallest absolute Gasteiger partial charge is 0.348 e. The summed E-state index contributed by atoms with van der Waals surface area (Å²) in [5.74, 6) is -0.00962. The molecule has 1 aliphatic carbocycles. The number of amides is 1. The van der Waals surface area contributed by atoms with Crippen molar-refractivity contribution in [2.45, 2.75) is 52.6 Å². The number of hydrogen-bond acceptors (Lipinski definition) is 5. The molecule has 0 saturated heterocycles. The van der Waals surface area contributed by atoms with Gasteiger partial charge in [-0.2, -0.15) is 0 Å². The molecule has 1 aliphatic rings. The molecule has 24 heavy (non-hydrogen) atoms. The van der Waals surface area contributed by atoms with Crippen molar-refractivity contribution in [1.82, 2.24) is 5.32 Å². The molecule has 0 radical (unpaired) electrons. The second-order valence-electron chi connectivity index (χ2n) is 6.61. The lowest BCUT2D eigenvalue weighted by Crippen LogP contribution is -2.30. The molecule has 0 saturated carbocycles. The van der Waals surface area contributed by atoms with Gasteiger partial charge in [0.15, 0.2) is 6.61 Å². The fraction of sp³-hybridized carbons (Fsp3) is 0.667. The summed E-state index contributed by atoms with van der Waals surface area (Å²) in [7, 11) is 0. The van der Waals surface area contributed by atoms with Crippen LogP contribution in [0.4, 0.5) is 0 Å².